The number of anilines is 2. The molecule has 0 saturated carbocycles. The second-order valence-electron chi connectivity index (χ2n) is 9.51. The number of benzene rings is 2. The summed E-state index contributed by atoms with van der Waals surface area (Å²) < 4.78 is 45.0. The minimum atomic E-state index is -4.67. The van der Waals surface area contributed by atoms with Crippen LogP contribution >= 0.6 is 11.6 Å². The molecule has 0 aliphatic carbocycles. The Bertz CT molecular complexity index is 1690. The highest BCUT2D eigenvalue weighted by Gasteiger charge is 2.33. The summed E-state index contributed by atoms with van der Waals surface area (Å²) in [6.07, 6.45) is 3.00. The molecule has 4 N–H and O–H groups in total. The highest BCUT2D eigenvalue weighted by Crippen LogP contribution is 2.36. The summed E-state index contributed by atoms with van der Waals surface area (Å²) in [6, 6.07) is 14.6. The number of pyridine rings is 2. The Labute approximate surface area is 260 Å². The zero-order chi connectivity index (χ0) is 32.4. The van der Waals surface area contributed by atoms with Gasteiger partial charge in [-0.1, -0.05) is 17.7 Å². The van der Waals surface area contributed by atoms with Crippen LogP contribution in [0, 0.1) is 0 Å². The van der Waals surface area contributed by atoms with E-state index in [0.717, 1.165) is 17.7 Å². The fourth-order valence-electron chi connectivity index (χ4n) is 3.78. The molecule has 4 aromatic rings. The van der Waals surface area contributed by atoms with Crippen LogP contribution in [0.5, 0.6) is 11.5 Å². The second-order valence-corrected chi connectivity index (χ2v) is 9.92. The number of amides is 4. The summed E-state index contributed by atoms with van der Waals surface area (Å²) in [5.41, 5.74) is 0.0571. The van der Waals surface area contributed by atoms with Crippen molar-refractivity contribution in [2.45, 2.75) is 19.1 Å². The summed E-state index contributed by atoms with van der Waals surface area (Å²) in [5.74, 6) is -0.0986. The Hall–Kier alpha value is -5.43. The van der Waals surface area contributed by atoms with Gasteiger partial charge in [-0.05, 0) is 73.2 Å². The molecule has 0 bridgehead atoms. The molecule has 0 fully saturated rings. The maximum atomic E-state index is 13.1. The molecule has 45 heavy (non-hydrogen) atoms. The largest absolute Gasteiger partial charge is 0.457 e. The first-order valence-corrected chi connectivity index (χ1v) is 13.7. The van der Waals surface area contributed by atoms with E-state index < -0.39 is 28.7 Å². The summed E-state index contributed by atoms with van der Waals surface area (Å²) in [4.78, 5) is 45.1. The number of nitrogens with zero attached hydrogens (tertiary/aromatic N) is 2. The number of urea groups is 1. The number of alkyl halides is 3. The molecule has 0 spiro atoms. The molecule has 4 amide bonds. The van der Waals surface area contributed by atoms with Crippen molar-refractivity contribution >= 4 is 46.9 Å². The third kappa shape index (κ3) is 10.1. The van der Waals surface area contributed by atoms with Crippen molar-refractivity contribution < 1.29 is 32.3 Å². The van der Waals surface area contributed by atoms with Gasteiger partial charge in [0, 0.05) is 54.7 Å². The summed E-state index contributed by atoms with van der Waals surface area (Å²) >= 11 is 5.61. The van der Waals surface area contributed by atoms with Crippen LogP contribution in [0.4, 0.5) is 29.3 Å². The van der Waals surface area contributed by atoms with Crippen molar-refractivity contribution in [2.24, 2.45) is 0 Å². The fraction of sp³-hybridized carbons (Fsp3) is 0.129. The van der Waals surface area contributed by atoms with Crippen LogP contribution in [0.1, 0.15) is 28.5 Å². The Morgan fingerprint density at radius 2 is 1.69 bits per heavy atom. The van der Waals surface area contributed by atoms with Gasteiger partial charge in [0.25, 0.3) is 5.91 Å². The molecule has 232 valence electrons. The monoisotopic (exact) mass is 638 g/mol. The Morgan fingerprint density at radius 3 is 2.40 bits per heavy atom. The highest BCUT2D eigenvalue weighted by atomic mass is 35.5. The van der Waals surface area contributed by atoms with Gasteiger partial charge in [0.1, 0.15) is 17.2 Å². The molecule has 0 aliphatic heterocycles. The van der Waals surface area contributed by atoms with Gasteiger partial charge in [-0.15, -0.1) is 0 Å². The topological polar surface area (TPSA) is 134 Å². The van der Waals surface area contributed by atoms with E-state index in [1.807, 2.05) is 6.07 Å². The van der Waals surface area contributed by atoms with E-state index in [2.05, 4.69) is 31.2 Å². The lowest BCUT2D eigenvalue weighted by Gasteiger charge is -2.14. The van der Waals surface area contributed by atoms with Crippen molar-refractivity contribution in [1.29, 1.82) is 0 Å². The van der Waals surface area contributed by atoms with E-state index >= 15 is 0 Å². The number of rotatable bonds is 10. The number of carbonyl (C=O) groups is 3. The predicted molar refractivity (Wildman–Crippen MR) is 163 cm³/mol. The first kappa shape index (κ1) is 32.5. The number of carbonyl (C=O) groups excluding carboxylic acids is 3. The first-order chi connectivity index (χ1) is 21.5. The summed E-state index contributed by atoms with van der Waals surface area (Å²) in [7, 11) is 0. The van der Waals surface area contributed by atoms with Crippen LogP contribution in [-0.2, 0) is 11.0 Å². The van der Waals surface area contributed by atoms with Crippen LogP contribution in [0.2, 0.25) is 5.02 Å². The minimum absolute atomic E-state index is 0.0881. The van der Waals surface area contributed by atoms with Gasteiger partial charge in [-0.3, -0.25) is 19.6 Å². The van der Waals surface area contributed by atoms with E-state index in [9.17, 15) is 27.6 Å². The highest BCUT2D eigenvalue weighted by molar-refractivity contribution is 6.31. The standard InChI is InChI=1S/C31H26ClF3N6O4/c1-19(39-28(42)11-4-20-3-2-13-36-18-20)17-38-29(43)27-16-24(12-14-37-27)45-23-8-5-21(6-9-23)40-30(44)41-22-7-10-26(32)25(15-22)31(33,34)35/h2-16,18-19H,17H2,1H3,(H,38,43)(H,39,42)(H2,40,41,44)/b11-4+. The first-order valence-electron chi connectivity index (χ1n) is 13.3. The molecule has 1 atom stereocenters. The average Bonchev–Trinajstić information content (AvgIpc) is 3.01. The number of hydrogen-bond donors (Lipinski definition) is 4. The van der Waals surface area contributed by atoms with Gasteiger partial charge < -0.3 is 26.0 Å². The Morgan fingerprint density at radius 1 is 0.956 bits per heavy atom. The minimum Gasteiger partial charge on any atom is -0.457 e. The lowest BCUT2D eigenvalue weighted by Crippen LogP contribution is -2.41. The van der Waals surface area contributed by atoms with Crippen LogP contribution in [0.3, 0.4) is 0 Å². The third-order valence-electron chi connectivity index (χ3n) is 5.91. The van der Waals surface area contributed by atoms with E-state index in [0.29, 0.717) is 17.2 Å². The fourth-order valence-corrected chi connectivity index (χ4v) is 4.00. The predicted octanol–water partition coefficient (Wildman–Crippen LogP) is 6.53. The molecule has 1 unspecified atom stereocenters. The van der Waals surface area contributed by atoms with Crippen molar-refractivity contribution in [3.05, 3.63) is 113 Å². The molecule has 2 aromatic heterocycles. The van der Waals surface area contributed by atoms with Crippen molar-refractivity contribution in [3.8, 4) is 11.5 Å². The normalized spacial score (nSPS) is 11.8. The average molecular weight is 639 g/mol. The van der Waals surface area contributed by atoms with Crippen molar-refractivity contribution in [3.63, 3.8) is 0 Å². The van der Waals surface area contributed by atoms with Crippen molar-refractivity contribution in [1.82, 2.24) is 20.6 Å². The molecule has 10 nitrogen and oxygen atoms in total. The molecular formula is C31H26ClF3N6O4. The molecule has 2 heterocycles. The van der Waals surface area contributed by atoms with E-state index in [1.165, 1.54) is 36.5 Å². The molecule has 0 aliphatic rings. The number of aromatic nitrogens is 2. The number of ether oxygens (including phenoxy) is 1. The van der Waals surface area contributed by atoms with Gasteiger partial charge >= 0.3 is 12.2 Å². The Kier molecular flexibility index (Phi) is 10.7. The number of nitrogens with one attached hydrogen (secondary N) is 4. The lowest BCUT2D eigenvalue weighted by molar-refractivity contribution is -0.137. The van der Waals surface area contributed by atoms with Gasteiger partial charge in [-0.25, -0.2) is 4.79 Å². The van der Waals surface area contributed by atoms with E-state index in [-0.39, 0.29) is 29.9 Å². The third-order valence-corrected chi connectivity index (χ3v) is 6.24. The smallest absolute Gasteiger partial charge is 0.417 e. The van der Waals surface area contributed by atoms with Crippen molar-refractivity contribution in [2.75, 3.05) is 17.2 Å². The van der Waals surface area contributed by atoms with Gasteiger partial charge in [0.2, 0.25) is 5.91 Å². The van der Waals surface area contributed by atoms with Gasteiger partial charge in [0.15, 0.2) is 0 Å². The molecule has 4 rings (SSSR count). The Balaban J connectivity index is 1.25. The van der Waals surface area contributed by atoms with Crippen LogP contribution < -0.4 is 26.0 Å². The van der Waals surface area contributed by atoms with Gasteiger partial charge in [0.05, 0.1) is 10.6 Å². The molecule has 0 radical (unpaired) electrons. The SMILES string of the molecule is CC(CNC(=O)c1cc(Oc2ccc(NC(=O)Nc3ccc(Cl)c(C(F)(F)F)c3)cc2)ccn1)NC(=O)/C=C/c1cccnc1. The van der Waals surface area contributed by atoms with Crippen LogP contribution in [0.25, 0.3) is 6.08 Å². The lowest BCUT2D eigenvalue weighted by atomic mass is 10.2. The second kappa shape index (κ2) is 14.8. The van der Waals surface area contributed by atoms with Gasteiger partial charge in [-0.2, -0.15) is 13.2 Å². The quantitative estimate of drug-likeness (QED) is 0.146. The molecular weight excluding hydrogens is 613 g/mol. The molecule has 0 saturated heterocycles. The maximum Gasteiger partial charge on any atom is 0.417 e. The van der Waals surface area contributed by atoms with E-state index in [4.69, 9.17) is 16.3 Å². The zero-order valence-electron chi connectivity index (χ0n) is 23.6. The summed E-state index contributed by atoms with van der Waals surface area (Å²) in [6.45, 7) is 1.90. The van der Waals surface area contributed by atoms with Crippen LogP contribution in [0.15, 0.2) is 91.4 Å². The number of hydrogen-bond acceptors (Lipinski definition) is 6. The molecule has 14 heteroatoms. The zero-order valence-corrected chi connectivity index (χ0v) is 24.3. The summed E-state index contributed by atoms with van der Waals surface area (Å²) in [5, 5.41) is 9.83. The van der Waals surface area contributed by atoms with E-state index in [1.54, 1.807) is 49.7 Å². The maximum absolute atomic E-state index is 13.1. The molecule has 2 aromatic carbocycles. The van der Waals surface area contributed by atoms with Crippen LogP contribution in [-0.4, -0.2) is 40.4 Å². The number of halogens is 4.